The molecule has 8 heteroatoms. The third-order valence-electron chi connectivity index (χ3n) is 5.68. The number of nitrogens with zero attached hydrogens (tertiary/aromatic N) is 3. The molecule has 1 aliphatic heterocycles. The van der Waals surface area contributed by atoms with Crippen molar-refractivity contribution in [1.29, 1.82) is 0 Å². The molecule has 1 N–H and O–H groups in total. The van der Waals surface area contributed by atoms with Crippen molar-refractivity contribution in [2.24, 2.45) is 0 Å². The van der Waals surface area contributed by atoms with Gasteiger partial charge in [-0.1, -0.05) is 54.2 Å². The van der Waals surface area contributed by atoms with Gasteiger partial charge in [0, 0.05) is 17.8 Å². The summed E-state index contributed by atoms with van der Waals surface area (Å²) in [5.74, 6) is 0.0789. The standard InChI is InChI=1S/C26H21FN4O2S/c27-21-9-5-4-8-20(21)25-29-30-26(31(25)13-12-17-6-2-1-3-7-17)34-16-23(32)18-10-11-22-19(14-18)15-24(33)28-22/h1-11,14H,12-13,15-16H2,(H,28,33). The normalized spacial score (nSPS) is 12.4. The predicted molar refractivity (Wildman–Crippen MR) is 129 cm³/mol. The summed E-state index contributed by atoms with van der Waals surface area (Å²) < 4.78 is 16.4. The molecule has 6 nitrogen and oxygen atoms in total. The lowest BCUT2D eigenvalue weighted by Crippen LogP contribution is -2.08. The summed E-state index contributed by atoms with van der Waals surface area (Å²) in [4.78, 5) is 24.5. The van der Waals surface area contributed by atoms with Crippen LogP contribution in [0.1, 0.15) is 21.5 Å². The molecule has 4 aromatic rings. The lowest BCUT2D eigenvalue weighted by atomic mass is 10.1. The molecule has 1 amide bonds. The van der Waals surface area contributed by atoms with E-state index in [4.69, 9.17) is 0 Å². The maximum Gasteiger partial charge on any atom is 0.228 e. The van der Waals surface area contributed by atoms with E-state index in [9.17, 15) is 14.0 Å². The van der Waals surface area contributed by atoms with Crippen molar-refractivity contribution in [3.05, 3.63) is 95.3 Å². The molecule has 0 radical (unpaired) electrons. The predicted octanol–water partition coefficient (Wildman–Crippen LogP) is 4.80. The first-order valence-corrected chi connectivity index (χ1v) is 11.9. The van der Waals surface area contributed by atoms with E-state index in [2.05, 4.69) is 15.5 Å². The number of carbonyl (C=O) groups is 2. The van der Waals surface area contributed by atoms with Crippen LogP contribution < -0.4 is 5.32 Å². The Morgan fingerprint density at radius 2 is 1.82 bits per heavy atom. The molecule has 0 bridgehead atoms. The highest BCUT2D eigenvalue weighted by Gasteiger charge is 2.21. The molecule has 5 rings (SSSR count). The summed E-state index contributed by atoms with van der Waals surface area (Å²) >= 11 is 1.28. The fourth-order valence-electron chi connectivity index (χ4n) is 3.94. The second-order valence-electron chi connectivity index (χ2n) is 7.98. The number of anilines is 1. The van der Waals surface area contributed by atoms with Gasteiger partial charge in [0.2, 0.25) is 5.91 Å². The molecular weight excluding hydrogens is 451 g/mol. The highest BCUT2D eigenvalue weighted by atomic mass is 32.2. The number of Topliss-reactive ketones (excluding diaryl/α,β-unsaturated/α-hetero) is 1. The summed E-state index contributed by atoms with van der Waals surface area (Å²) in [6.45, 7) is 0.545. The quantitative estimate of drug-likeness (QED) is 0.295. The molecule has 0 unspecified atom stereocenters. The number of hydrogen-bond donors (Lipinski definition) is 1. The fraction of sp³-hybridized carbons (Fsp3) is 0.154. The molecule has 0 aliphatic carbocycles. The number of ketones is 1. The van der Waals surface area contributed by atoms with Crippen LogP contribution in [-0.2, 0) is 24.2 Å². The molecule has 170 valence electrons. The van der Waals surface area contributed by atoms with Gasteiger partial charge in [-0.25, -0.2) is 4.39 Å². The largest absolute Gasteiger partial charge is 0.326 e. The second kappa shape index (κ2) is 9.61. The van der Waals surface area contributed by atoms with Gasteiger partial charge in [0.25, 0.3) is 0 Å². The van der Waals surface area contributed by atoms with E-state index in [1.165, 1.54) is 17.8 Å². The van der Waals surface area contributed by atoms with Crippen LogP contribution in [0.5, 0.6) is 0 Å². The van der Waals surface area contributed by atoms with Crippen molar-refractivity contribution < 1.29 is 14.0 Å². The molecular formula is C26H21FN4O2S. The van der Waals surface area contributed by atoms with E-state index in [0.717, 1.165) is 16.8 Å². The molecule has 0 fully saturated rings. The van der Waals surface area contributed by atoms with Crippen molar-refractivity contribution >= 4 is 29.1 Å². The monoisotopic (exact) mass is 472 g/mol. The van der Waals surface area contributed by atoms with Crippen LogP contribution in [0, 0.1) is 5.82 Å². The van der Waals surface area contributed by atoms with Gasteiger partial charge in [-0.2, -0.15) is 0 Å². The number of rotatable bonds is 8. The number of amides is 1. The van der Waals surface area contributed by atoms with E-state index in [1.54, 1.807) is 36.4 Å². The van der Waals surface area contributed by atoms with Gasteiger partial charge in [-0.3, -0.25) is 9.59 Å². The second-order valence-corrected chi connectivity index (χ2v) is 8.92. The van der Waals surface area contributed by atoms with Gasteiger partial charge in [-0.15, -0.1) is 10.2 Å². The summed E-state index contributed by atoms with van der Waals surface area (Å²) in [6.07, 6.45) is 0.997. The number of fused-ring (bicyclic) bond motifs is 1. The van der Waals surface area contributed by atoms with Crippen LogP contribution in [0.2, 0.25) is 0 Å². The maximum atomic E-state index is 14.5. The fourth-order valence-corrected chi connectivity index (χ4v) is 4.80. The van der Waals surface area contributed by atoms with Crippen LogP contribution >= 0.6 is 11.8 Å². The topological polar surface area (TPSA) is 76.9 Å². The third-order valence-corrected chi connectivity index (χ3v) is 6.65. The molecule has 1 aliphatic rings. The summed E-state index contributed by atoms with van der Waals surface area (Å²) in [6, 6.07) is 21.7. The van der Waals surface area contributed by atoms with Crippen molar-refractivity contribution in [3.8, 4) is 11.4 Å². The number of thioether (sulfide) groups is 1. The minimum Gasteiger partial charge on any atom is -0.326 e. The Morgan fingerprint density at radius 3 is 2.65 bits per heavy atom. The van der Waals surface area contributed by atoms with Crippen LogP contribution in [0.25, 0.3) is 11.4 Å². The first kappa shape index (κ1) is 22.0. The summed E-state index contributed by atoms with van der Waals surface area (Å²) in [5.41, 5.74) is 3.64. The van der Waals surface area contributed by atoms with Crippen LogP contribution in [-0.4, -0.2) is 32.2 Å². The minimum absolute atomic E-state index is 0.0684. The number of aryl methyl sites for hydroxylation is 1. The van der Waals surface area contributed by atoms with E-state index >= 15 is 0 Å². The van der Waals surface area contributed by atoms with E-state index in [-0.39, 0.29) is 29.7 Å². The Kier molecular flexibility index (Phi) is 6.22. The zero-order chi connectivity index (χ0) is 23.5. The van der Waals surface area contributed by atoms with E-state index in [0.29, 0.717) is 35.1 Å². The third kappa shape index (κ3) is 4.63. The molecule has 1 aromatic heterocycles. The van der Waals surface area contributed by atoms with Crippen LogP contribution in [0.3, 0.4) is 0 Å². The molecule has 0 saturated heterocycles. The van der Waals surface area contributed by atoms with Gasteiger partial charge < -0.3 is 9.88 Å². The molecule has 0 atom stereocenters. The Balaban J connectivity index is 1.37. The molecule has 2 heterocycles. The molecule has 0 spiro atoms. The number of aromatic nitrogens is 3. The first-order valence-electron chi connectivity index (χ1n) is 10.9. The average molecular weight is 473 g/mol. The zero-order valence-corrected chi connectivity index (χ0v) is 19.0. The Labute approximate surface area is 200 Å². The van der Waals surface area contributed by atoms with Crippen LogP contribution in [0.4, 0.5) is 10.1 Å². The van der Waals surface area contributed by atoms with Gasteiger partial charge in [-0.05, 0) is 47.9 Å². The maximum absolute atomic E-state index is 14.5. The van der Waals surface area contributed by atoms with E-state index in [1.807, 2.05) is 34.9 Å². The Morgan fingerprint density at radius 1 is 1.03 bits per heavy atom. The molecule has 0 saturated carbocycles. The zero-order valence-electron chi connectivity index (χ0n) is 18.2. The number of carbonyl (C=O) groups excluding carboxylic acids is 2. The van der Waals surface area contributed by atoms with Gasteiger partial charge in [0.05, 0.1) is 17.7 Å². The van der Waals surface area contributed by atoms with Gasteiger partial charge >= 0.3 is 0 Å². The average Bonchev–Trinajstić information content (AvgIpc) is 3.43. The number of halogens is 1. The number of benzene rings is 3. The molecule has 3 aromatic carbocycles. The summed E-state index contributed by atoms with van der Waals surface area (Å²) in [5, 5.41) is 11.9. The Bertz CT molecular complexity index is 1370. The van der Waals surface area contributed by atoms with Crippen molar-refractivity contribution in [2.75, 3.05) is 11.1 Å². The van der Waals surface area contributed by atoms with Crippen molar-refractivity contribution in [3.63, 3.8) is 0 Å². The summed E-state index contributed by atoms with van der Waals surface area (Å²) in [7, 11) is 0. The minimum atomic E-state index is -0.371. The number of hydrogen-bond acceptors (Lipinski definition) is 5. The van der Waals surface area contributed by atoms with Crippen molar-refractivity contribution in [2.45, 2.75) is 24.5 Å². The lowest BCUT2D eigenvalue weighted by Gasteiger charge is -2.11. The Hall–Kier alpha value is -3.78. The highest BCUT2D eigenvalue weighted by Crippen LogP contribution is 2.28. The highest BCUT2D eigenvalue weighted by molar-refractivity contribution is 7.99. The van der Waals surface area contributed by atoms with Crippen molar-refractivity contribution in [1.82, 2.24) is 14.8 Å². The lowest BCUT2D eigenvalue weighted by molar-refractivity contribution is -0.115. The van der Waals surface area contributed by atoms with Crippen LogP contribution in [0.15, 0.2) is 78.0 Å². The van der Waals surface area contributed by atoms with E-state index < -0.39 is 0 Å². The number of nitrogens with one attached hydrogen (secondary N) is 1. The van der Waals surface area contributed by atoms with Gasteiger partial charge in [0.1, 0.15) is 5.82 Å². The first-order chi connectivity index (χ1) is 16.6. The van der Waals surface area contributed by atoms with Gasteiger partial charge in [0.15, 0.2) is 16.8 Å². The SMILES string of the molecule is O=C1Cc2cc(C(=O)CSc3nnc(-c4ccccc4F)n3CCc3ccccc3)ccc2N1. The smallest absolute Gasteiger partial charge is 0.228 e. The molecule has 34 heavy (non-hydrogen) atoms.